The molecule has 6 fully saturated rings. The molecule has 3 heteroatoms. The van der Waals surface area contributed by atoms with Crippen LogP contribution in [0.2, 0.25) is 0 Å². The Kier molecular flexibility index (Phi) is 3.75. The summed E-state index contributed by atoms with van der Waals surface area (Å²) in [7, 11) is 0. The molecular formula is C25H34N2O. The van der Waals surface area contributed by atoms with Gasteiger partial charge in [-0.3, -0.25) is 4.79 Å². The maximum atomic E-state index is 14.0. The van der Waals surface area contributed by atoms with E-state index in [2.05, 4.69) is 32.9 Å². The van der Waals surface area contributed by atoms with Crippen molar-refractivity contribution >= 4 is 5.78 Å². The first-order valence-corrected chi connectivity index (χ1v) is 11.6. The highest BCUT2D eigenvalue weighted by Crippen LogP contribution is 2.78. The molecule has 1 unspecified atom stereocenters. The summed E-state index contributed by atoms with van der Waals surface area (Å²) in [6.45, 7) is 6.88. The van der Waals surface area contributed by atoms with E-state index in [9.17, 15) is 15.3 Å². The van der Waals surface area contributed by atoms with Gasteiger partial charge in [0.25, 0.3) is 0 Å². The van der Waals surface area contributed by atoms with Gasteiger partial charge < -0.3 is 0 Å². The molecule has 0 heterocycles. The number of nitrogens with zero attached hydrogens (tertiary/aromatic N) is 2. The molecule has 28 heavy (non-hydrogen) atoms. The standard InChI is InChI=1S/C25H34N2O/c1-22(2,3)19-4-6-24(7-5-19)20(25(24,14-26)15-27)21(28)23-11-16-8-17(12-23)10-18(9-16)13-23/h16-20H,4-13H2,1-3H3. The predicted octanol–water partition coefficient (Wildman–Crippen LogP) is 5.66. The zero-order valence-corrected chi connectivity index (χ0v) is 17.8. The average molecular weight is 379 g/mol. The van der Waals surface area contributed by atoms with Crippen LogP contribution in [0.25, 0.3) is 0 Å². The molecule has 6 aliphatic rings. The molecule has 3 nitrogen and oxygen atoms in total. The van der Waals surface area contributed by atoms with Gasteiger partial charge in [-0.15, -0.1) is 0 Å². The Hall–Kier alpha value is -1.35. The van der Waals surface area contributed by atoms with Crippen molar-refractivity contribution < 1.29 is 4.79 Å². The third kappa shape index (κ3) is 2.23. The normalized spacial score (nSPS) is 48.1. The van der Waals surface area contributed by atoms with E-state index in [-0.39, 0.29) is 22.2 Å². The molecule has 150 valence electrons. The Labute approximate surface area is 169 Å². The van der Waals surface area contributed by atoms with Crippen LogP contribution in [0.3, 0.4) is 0 Å². The van der Waals surface area contributed by atoms with Crippen LogP contribution < -0.4 is 0 Å². The van der Waals surface area contributed by atoms with Crippen LogP contribution in [-0.2, 0) is 4.79 Å². The van der Waals surface area contributed by atoms with E-state index in [0.717, 1.165) is 62.7 Å². The molecule has 1 atom stereocenters. The van der Waals surface area contributed by atoms with E-state index in [1.165, 1.54) is 19.3 Å². The minimum atomic E-state index is -1.05. The monoisotopic (exact) mass is 378 g/mol. The van der Waals surface area contributed by atoms with E-state index in [4.69, 9.17) is 0 Å². The Balaban J connectivity index is 1.44. The zero-order valence-electron chi connectivity index (χ0n) is 17.8. The van der Waals surface area contributed by atoms with Gasteiger partial charge in [0, 0.05) is 10.8 Å². The van der Waals surface area contributed by atoms with Gasteiger partial charge in [-0.25, -0.2) is 0 Å². The molecule has 6 rings (SSSR count). The Bertz CT molecular complexity index is 732. The van der Waals surface area contributed by atoms with Crippen molar-refractivity contribution in [3.05, 3.63) is 0 Å². The summed E-state index contributed by atoms with van der Waals surface area (Å²) in [5, 5.41) is 20.2. The second-order valence-electron chi connectivity index (χ2n) is 12.3. The van der Waals surface area contributed by atoms with Crippen LogP contribution >= 0.6 is 0 Å². The van der Waals surface area contributed by atoms with Gasteiger partial charge >= 0.3 is 0 Å². The van der Waals surface area contributed by atoms with Gasteiger partial charge in [0.1, 0.15) is 5.78 Å². The van der Waals surface area contributed by atoms with Gasteiger partial charge in [-0.2, -0.15) is 10.5 Å². The fourth-order valence-electron chi connectivity index (χ4n) is 8.82. The maximum absolute atomic E-state index is 14.0. The largest absolute Gasteiger partial charge is 0.299 e. The lowest BCUT2D eigenvalue weighted by Crippen LogP contribution is -2.51. The highest BCUT2D eigenvalue weighted by molar-refractivity contribution is 5.94. The summed E-state index contributed by atoms with van der Waals surface area (Å²) < 4.78 is 0. The summed E-state index contributed by atoms with van der Waals surface area (Å²) in [5.41, 5.74) is -1.32. The molecule has 0 radical (unpaired) electrons. The minimum absolute atomic E-state index is 0.192. The molecule has 0 saturated heterocycles. The third-order valence-electron chi connectivity index (χ3n) is 9.97. The first-order valence-electron chi connectivity index (χ1n) is 11.6. The van der Waals surface area contributed by atoms with Crippen molar-refractivity contribution in [3.63, 3.8) is 0 Å². The maximum Gasteiger partial charge on any atom is 0.160 e. The number of carbonyl (C=O) groups is 1. The van der Waals surface area contributed by atoms with E-state index in [0.29, 0.717) is 11.7 Å². The summed E-state index contributed by atoms with van der Waals surface area (Å²) in [4.78, 5) is 14.0. The van der Waals surface area contributed by atoms with E-state index < -0.39 is 5.41 Å². The fraction of sp³-hybridized carbons (Fsp3) is 0.880. The van der Waals surface area contributed by atoms with Gasteiger partial charge in [-0.05, 0) is 93.3 Å². The van der Waals surface area contributed by atoms with E-state index in [1.807, 2.05) is 0 Å². The lowest BCUT2D eigenvalue weighted by Gasteiger charge is -2.56. The smallest absolute Gasteiger partial charge is 0.160 e. The number of rotatable bonds is 2. The Morgan fingerprint density at radius 2 is 1.36 bits per heavy atom. The topological polar surface area (TPSA) is 64.7 Å². The molecule has 0 aromatic carbocycles. The zero-order chi connectivity index (χ0) is 19.9. The molecular weight excluding hydrogens is 344 g/mol. The van der Waals surface area contributed by atoms with Crippen molar-refractivity contribution in [1.82, 2.24) is 0 Å². The summed E-state index contributed by atoms with van der Waals surface area (Å²) in [6.07, 6.45) is 11.0. The van der Waals surface area contributed by atoms with Gasteiger partial charge in [-0.1, -0.05) is 20.8 Å². The molecule has 0 aliphatic heterocycles. The lowest BCUT2D eigenvalue weighted by molar-refractivity contribution is -0.146. The van der Waals surface area contributed by atoms with Gasteiger partial charge in [0.05, 0.1) is 18.1 Å². The Morgan fingerprint density at radius 1 is 0.893 bits per heavy atom. The van der Waals surface area contributed by atoms with Crippen LogP contribution in [0.1, 0.15) is 85.0 Å². The second-order valence-corrected chi connectivity index (χ2v) is 12.3. The highest BCUT2D eigenvalue weighted by Gasteiger charge is 2.82. The summed E-state index contributed by atoms with van der Waals surface area (Å²) >= 11 is 0. The molecule has 0 N–H and O–H groups in total. The molecule has 0 amide bonds. The van der Waals surface area contributed by atoms with E-state index in [1.54, 1.807) is 0 Å². The molecule has 0 aromatic heterocycles. The van der Waals surface area contributed by atoms with Crippen molar-refractivity contribution in [3.8, 4) is 12.1 Å². The van der Waals surface area contributed by atoms with Crippen LogP contribution in [0, 0.1) is 73.9 Å². The van der Waals surface area contributed by atoms with Crippen LogP contribution in [0.5, 0.6) is 0 Å². The Morgan fingerprint density at radius 3 is 1.75 bits per heavy atom. The summed E-state index contributed by atoms with van der Waals surface area (Å²) in [6, 6.07) is 4.79. The fourth-order valence-corrected chi connectivity index (χ4v) is 8.82. The number of hydrogen-bond acceptors (Lipinski definition) is 3. The minimum Gasteiger partial charge on any atom is -0.299 e. The predicted molar refractivity (Wildman–Crippen MR) is 107 cm³/mol. The van der Waals surface area contributed by atoms with Crippen LogP contribution in [0.4, 0.5) is 0 Å². The SMILES string of the molecule is CC(C)(C)C1CCC2(CC1)C(C(=O)C13CC4CC(CC(C4)C1)C3)C2(C#N)C#N. The average Bonchev–Trinajstić information content (AvgIpc) is 3.19. The number of nitriles is 2. The number of Topliss-reactive ketones (excluding diaryl/α,β-unsaturated/α-hetero) is 1. The molecule has 6 aliphatic carbocycles. The van der Waals surface area contributed by atoms with Crippen LogP contribution in [0.15, 0.2) is 0 Å². The molecule has 1 spiro atoms. The van der Waals surface area contributed by atoms with Crippen molar-refractivity contribution in [2.24, 2.45) is 51.2 Å². The second kappa shape index (κ2) is 5.62. The summed E-state index contributed by atoms with van der Waals surface area (Å²) in [5.74, 6) is 2.82. The van der Waals surface area contributed by atoms with Crippen molar-refractivity contribution in [1.29, 1.82) is 10.5 Å². The van der Waals surface area contributed by atoms with Crippen molar-refractivity contribution in [2.45, 2.75) is 85.0 Å². The van der Waals surface area contributed by atoms with Crippen molar-refractivity contribution in [2.75, 3.05) is 0 Å². The quantitative estimate of drug-likeness (QED) is 0.623. The molecule has 4 bridgehead atoms. The number of ketones is 1. The van der Waals surface area contributed by atoms with E-state index >= 15 is 0 Å². The number of hydrogen-bond donors (Lipinski definition) is 0. The first kappa shape index (κ1) is 18.7. The molecule has 0 aromatic rings. The molecule has 6 saturated carbocycles. The van der Waals surface area contributed by atoms with Gasteiger partial charge in [0.15, 0.2) is 5.41 Å². The van der Waals surface area contributed by atoms with Crippen LogP contribution in [-0.4, -0.2) is 5.78 Å². The third-order valence-corrected chi connectivity index (χ3v) is 9.97. The van der Waals surface area contributed by atoms with Gasteiger partial charge in [0.2, 0.25) is 0 Å². The first-order chi connectivity index (χ1) is 13.2. The number of carbonyl (C=O) groups excluding carboxylic acids is 1. The lowest BCUT2D eigenvalue weighted by atomic mass is 9.48. The highest BCUT2D eigenvalue weighted by atomic mass is 16.1.